The number of rotatable bonds is 7. The van der Waals surface area contributed by atoms with Gasteiger partial charge in [-0.1, -0.05) is 0 Å². The zero-order valence-corrected chi connectivity index (χ0v) is 10.9. The maximum atomic E-state index is 5.45. The van der Waals surface area contributed by atoms with Crippen LogP contribution in [0.5, 0.6) is 12.0 Å². The van der Waals surface area contributed by atoms with Crippen molar-refractivity contribution in [2.24, 2.45) is 0 Å². The van der Waals surface area contributed by atoms with Crippen molar-refractivity contribution in [2.45, 2.75) is 20.5 Å². The smallest absolute Gasteiger partial charge is 0.324 e. The Morgan fingerprint density at radius 2 is 1.95 bits per heavy atom. The molecule has 0 unspecified atom stereocenters. The fraction of sp³-hybridized carbons (Fsp3) is 0.417. The van der Waals surface area contributed by atoms with Gasteiger partial charge in [-0.05, 0) is 26.0 Å². The summed E-state index contributed by atoms with van der Waals surface area (Å²) in [5, 5.41) is 2.99. The number of nitrogens with one attached hydrogen (secondary N) is 1. The molecule has 0 radical (unpaired) electrons. The number of ether oxygens (including phenoxy) is 2. The van der Waals surface area contributed by atoms with Crippen molar-refractivity contribution in [3.8, 4) is 12.0 Å². The highest BCUT2D eigenvalue weighted by Gasteiger charge is 2.08. The van der Waals surface area contributed by atoms with Gasteiger partial charge in [-0.2, -0.15) is 9.97 Å². The van der Waals surface area contributed by atoms with E-state index in [-0.39, 0.29) is 18.6 Å². The number of aromatic nitrogens is 3. The first kappa shape index (κ1) is 13.1. The van der Waals surface area contributed by atoms with Crippen LogP contribution in [0.25, 0.3) is 0 Å². The van der Waals surface area contributed by atoms with Crippen molar-refractivity contribution in [1.82, 2.24) is 15.0 Å². The van der Waals surface area contributed by atoms with Gasteiger partial charge in [0.25, 0.3) is 0 Å². The molecule has 0 aliphatic heterocycles. The van der Waals surface area contributed by atoms with Crippen LogP contribution in [0.15, 0.2) is 22.8 Å². The van der Waals surface area contributed by atoms with E-state index < -0.39 is 0 Å². The Balaban J connectivity index is 2.08. The number of anilines is 1. The molecule has 0 aliphatic carbocycles. The van der Waals surface area contributed by atoms with Crippen LogP contribution in [0.2, 0.25) is 0 Å². The summed E-state index contributed by atoms with van der Waals surface area (Å²) in [4.78, 5) is 12.3. The van der Waals surface area contributed by atoms with Crippen LogP contribution in [0.3, 0.4) is 0 Å². The van der Waals surface area contributed by atoms with Crippen LogP contribution in [0, 0.1) is 0 Å². The van der Waals surface area contributed by atoms with Crippen LogP contribution in [-0.2, 0) is 6.61 Å². The zero-order chi connectivity index (χ0) is 13.5. The van der Waals surface area contributed by atoms with Crippen molar-refractivity contribution < 1.29 is 13.9 Å². The van der Waals surface area contributed by atoms with E-state index in [2.05, 4.69) is 20.3 Å². The molecule has 0 saturated carbocycles. The molecule has 2 aromatic heterocycles. The molecule has 2 aromatic rings. The highest BCUT2D eigenvalue weighted by Crippen LogP contribution is 2.14. The van der Waals surface area contributed by atoms with Crippen molar-refractivity contribution >= 4 is 5.95 Å². The third-order valence-electron chi connectivity index (χ3n) is 2.13. The molecular formula is C12H16N4O3. The summed E-state index contributed by atoms with van der Waals surface area (Å²) in [6.45, 7) is 5.25. The monoisotopic (exact) mass is 264 g/mol. The summed E-state index contributed by atoms with van der Waals surface area (Å²) in [6.07, 6.45) is 1.59. The molecule has 2 rings (SSSR count). The van der Waals surface area contributed by atoms with Gasteiger partial charge in [0.2, 0.25) is 5.95 Å². The predicted octanol–water partition coefficient (Wildman–Crippen LogP) is 1.87. The molecule has 0 spiro atoms. The van der Waals surface area contributed by atoms with Gasteiger partial charge in [-0.3, -0.25) is 0 Å². The molecular weight excluding hydrogens is 248 g/mol. The van der Waals surface area contributed by atoms with E-state index >= 15 is 0 Å². The number of hydrogen-bond donors (Lipinski definition) is 1. The second-order valence-electron chi connectivity index (χ2n) is 3.56. The van der Waals surface area contributed by atoms with Gasteiger partial charge in [0.05, 0.1) is 12.9 Å². The van der Waals surface area contributed by atoms with E-state index in [1.807, 2.05) is 19.9 Å². The molecule has 0 aliphatic rings. The second-order valence-corrected chi connectivity index (χ2v) is 3.56. The minimum Gasteiger partial charge on any atom is -0.466 e. The van der Waals surface area contributed by atoms with Crippen LogP contribution in [-0.4, -0.2) is 28.1 Å². The predicted molar refractivity (Wildman–Crippen MR) is 68.2 cm³/mol. The molecule has 7 nitrogen and oxygen atoms in total. The average molecular weight is 264 g/mol. The molecule has 0 bridgehead atoms. The van der Waals surface area contributed by atoms with E-state index in [4.69, 9.17) is 13.9 Å². The summed E-state index contributed by atoms with van der Waals surface area (Å²) < 4.78 is 15.9. The molecule has 19 heavy (non-hydrogen) atoms. The Morgan fingerprint density at radius 1 is 1.16 bits per heavy atom. The maximum Gasteiger partial charge on any atom is 0.324 e. The van der Waals surface area contributed by atoms with Crippen LogP contribution in [0.1, 0.15) is 19.6 Å². The summed E-state index contributed by atoms with van der Waals surface area (Å²) in [5.41, 5.74) is 0. The van der Waals surface area contributed by atoms with Gasteiger partial charge in [0.1, 0.15) is 12.4 Å². The first-order chi connectivity index (χ1) is 9.31. The van der Waals surface area contributed by atoms with E-state index in [9.17, 15) is 0 Å². The SMILES string of the molecule is CCNc1nc(OCC)nc(OCc2ccco2)n1. The van der Waals surface area contributed by atoms with Crippen molar-refractivity contribution in [3.63, 3.8) is 0 Å². The summed E-state index contributed by atoms with van der Waals surface area (Å²) in [5.74, 6) is 1.12. The largest absolute Gasteiger partial charge is 0.466 e. The van der Waals surface area contributed by atoms with E-state index in [0.29, 0.717) is 24.9 Å². The summed E-state index contributed by atoms with van der Waals surface area (Å²) in [7, 11) is 0. The fourth-order valence-corrected chi connectivity index (χ4v) is 1.36. The van der Waals surface area contributed by atoms with Gasteiger partial charge < -0.3 is 19.2 Å². The molecule has 1 N–H and O–H groups in total. The van der Waals surface area contributed by atoms with Crippen molar-refractivity contribution in [1.29, 1.82) is 0 Å². The number of furan rings is 1. The highest BCUT2D eigenvalue weighted by atomic mass is 16.5. The average Bonchev–Trinajstić information content (AvgIpc) is 2.90. The Hall–Kier alpha value is -2.31. The van der Waals surface area contributed by atoms with Gasteiger partial charge in [0.15, 0.2) is 0 Å². The van der Waals surface area contributed by atoms with Crippen molar-refractivity contribution in [3.05, 3.63) is 24.2 Å². The van der Waals surface area contributed by atoms with Crippen molar-refractivity contribution in [2.75, 3.05) is 18.5 Å². The molecule has 0 atom stereocenters. The third kappa shape index (κ3) is 3.84. The van der Waals surface area contributed by atoms with Gasteiger partial charge in [-0.15, -0.1) is 4.98 Å². The maximum absolute atomic E-state index is 5.45. The lowest BCUT2D eigenvalue weighted by Crippen LogP contribution is -2.08. The lowest BCUT2D eigenvalue weighted by Gasteiger charge is -2.07. The Kier molecular flexibility index (Phi) is 4.54. The molecule has 0 aromatic carbocycles. The van der Waals surface area contributed by atoms with E-state index in [1.54, 1.807) is 12.3 Å². The molecule has 0 fully saturated rings. The van der Waals surface area contributed by atoms with Crippen LogP contribution < -0.4 is 14.8 Å². The van der Waals surface area contributed by atoms with Gasteiger partial charge >= 0.3 is 12.0 Å². The van der Waals surface area contributed by atoms with E-state index in [1.165, 1.54) is 0 Å². The highest BCUT2D eigenvalue weighted by molar-refractivity contribution is 5.27. The summed E-state index contributed by atoms with van der Waals surface area (Å²) >= 11 is 0. The van der Waals surface area contributed by atoms with Gasteiger partial charge in [-0.25, -0.2) is 0 Å². The van der Waals surface area contributed by atoms with Crippen LogP contribution >= 0.6 is 0 Å². The zero-order valence-electron chi connectivity index (χ0n) is 10.9. The Morgan fingerprint density at radius 3 is 2.58 bits per heavy atom. The Bertz CT molecular complexity index is 477. The number of hydrogen-bond acceptors (Lipinski definition) is 7. The second kappa shape index (κ2) is 6.58. The minimum atomic E-state index is 0.200. The quantitative estimate of drug-likeness (QED) is 0.817. The molecule has 0 amide bonds. The fourth-order valence-electron chi connectivity index (χ4n) is 1.36. The molecule has 2 heterocycles. The van der Waals surface area contributed by atoms with E-state index in [0.717, 1.165) is 0 Å². The number of nitrogens with zero attached hydrogens (tertiary/aromatic N) is 3. The minimum absolute atomic E-state index is 0.200. The van der Waals surface area contributed by atoms with Gasteiger partial charge in [0, 0.05) is 6.54 Å². The lowest BCUT2D eigenvalue weighted by atomic mass is 10.5. The summed E-state index contributed by atoms with van der Waals surface area (Å²) in [6, 6.07) is 4.05. The topological polar surface area (TPSA) is 82.3 Å². The standard InChI is InChI=1S/C12H16N4O3/c1-3-13-10-14-11(17-4-2)16-12(15-10)19-8-9-6-5-7-18-9/h5-7H,3-4,8H2,1-2H3,(H,13,14,15,16). The first-order valence-electron chi connectivity index (χ1n) is 6.09. The van der Waals surface area contributed by atoms with Crippen LogP contribution in [0.4, 0.5) is 5.95 Å². The normalized spacial score (nSPS) is 10.2. The Labute approximate surface area is 111 Å². The molecule has 0 saturated heterocycles. The molecule has 7 heteroatoms. The third-order valence-corrected chi connectivity index (χ3v) is 2.13. The molecule has 102 valence electrons. The first-order valence-corrected chi connectivity index (χ1v) is 6.09. The lowest BCUT2D eigenvalue weighted by molar-refractivity contribution is 0.239.